The van der Waals surface area contributed by atoms with E-state index in [0.717, 1.165) is 17.0 Å². The van der Waals surface area contributed by atoms with Gasteiger partial charge in [0, 0.05) is 24.2 Å². The van der Waals surface area contributed by atoms with Crippen molar-refractivity contribution in [2.75, 3.05) is 24.4 Å². The number of methoxy groups -OCH3 is 1. The number of rotatable bonds is 7. The lowest BCUT2D eigenvalue weighted by molar-refractivity contribution is -0.114. The Morgan fingerprint density at radius 1 is 1.10 bits per heavy atom. The molecule has 0 radical (unpaired) electrons. The summed E-state index contributed by atoms with van der Waals surface area (Å²) in [6, 6.07) is 14.6. The summed E-state index contributed by atoms with van der Waals surface area (Å²) in [7, 11) is 1.56. The highest BCUT2D eigenvalue weighted by Crippen LogP contribution is 2.30. The van der Waals surface area contributed by atoms with E-state index in [2.05, 4.69) is 20.6 Å². The molecule has 3 aromatic rings. The molecule has 3 rings (SSSR count). The van der Waals surface area contributed by atoms with Gasteiger partial charge in [0.2, 0.25) is 11.9 Å². The van der Waals surface area contributed by atoms with E-state index in [1.807, 2.05) is 37.3 Å². The van der Waals surface area contributed by atoms with Crippen molar-refractivity contribution in [1.82, 2.24) is 9.97 Å². The number of carbonyl (C=O) groups excluding carboxylic acids is 1. The summed E-state index contributed by atoms with van der Waals surface area (Å²) in [4.78, 5) is 20.3. The van der Waals surface area contributed by atoms with Crippen LogP contribution < -0.4 is 20.1 Å². The number of nitrogens with zero attached hydrogens (tertiary/aromatic N) is 2. The van der Waals surface area contributed by atoms with Gasteiger partial charge in [-0.3, -0.25) is 10.1 Å². The first-order valence-corrected chi connectivity index (χ1v) is 9.36. The molecule has 150 valence electrons. The Hall–Kier alpha value is -3.32. The third-order valence-electron chi connectivity index (χ3n) is 3.90. The molecule has 1 aromatic heterocycles. The van der Waals surface area contributed by atoms with E-state index < -0.39 is 0 Å². The number of nitrogens with one attached hydrogen (secondary N) is 2. The molecule has 29 heavy (non-hydrogen) atoms. The second kappa shape index (κ2) is 9.25. The lowest BCUT2D eigenvalue weighted by Gasteiger charge is -2.12. The maximum Gasteiger partial charge on any atom is 0.231 e. The number of carbonyl (C=O) groups is 1. The van der Waals surface area contributed by atoms with Gasteiger partial charge in [-0.1, -0.05) is 11.6 Å². The number of anilines is 3. The molecule has 0 saturated heterocycles. The van der Waals surface area contributed by atoms with E-state index in [-0.39, 0.29) is 11.9 Å². The van der Waals surface area contributed by atoms with Gasteiger partial charge in [0.05, 0.1) is 24.4 Å². The molecule has 0 aliphatic rings. The molecule has 0 aliphatic heterocycles. The second-order valence-electron chi connectivity index (χ2n) is 6.07. The molecular formula is C21H21ClN4O3. The fraction of sp³-hybridized carbons (Fsp3) is 0.190. The van der Waals surface area contributed by atoms with Crippen molar-refractivity contribution >= 4 is 35.0 Å². The first-order chi connectivity index (χ1) is 14.0. The van der Waals surface area contributed by atoms with Gasteiger partial charge in [-0.15, -0.1) is 0 Å². The summed E-state index contributed by atoms with van der Waals surface area (Å²) in [5.41, 5.74) is 2.23. The average Bonchev–Trinajstić information content (AvgIpc) is 2.68. The van der Waals surface area contributed by atoms with Crippen LogP contribution in [0, 0.1) is 0 Å². The Morgan fingerprint density at radius 2 is 1.86 bits per heavy atom. The molecule has 0 spiro atoms. The van der Waals surface area contributed by atoms with E-state index in [0.29, 0.717) is 28.9 Å². The number of benzene rings is 2. The Kier molecular flexibility index (Phi) is 6.51. The number of hydrogen-bond acceptors (Lipinski definition) is 6. The monoisotopic (exact) mass is 412 g/mol. The number of aromatic nitrogens is 2. The highest BCUT2D eigenvalue weighted by Gasteiger charge is 2.10. The standard InChI is InChI=1S/C21H21ClN4O3/c1-4-29-16-8-5-14(6-9-16)18-12-20(26-21(25-18)23-13(2)27)24-15-7-10-19(28-3)17(22)11-15/h5-12H,4H2,1-3H3,(H2,23,24,25,26,27). The van der Waals surface area contributed by atoms with E-state index in [9.17, 15) is 4.79 Å². The van der Waals surface area contributed by atoms with E-state index in [1.54, 1.807) is 25.3 Å². The Labute approximate surface area is 174 Å². The molecule has 7 nitrogen and oxygen atoms in total. The van der Waals surface area contributed by atoms with Crippen LogP contribution in [-0.4, -0.2) is 29.6 Å². The minimum absolute atomic E-state index is 0.200. The molecular weight excluding hydrogens is 392 g/mol. The van der Waals surface area contributed by atoms with E-state index in [1.165, 1.54) is 6.92 Å². The molecule has 2 aromatic carbocycles. The van der Waals surface area contributed by atoms with Crippen molar-refractivity contribution in [2.24, 2.45) is 0 Å². The number of amides is 1. The predicted octanol–water partition coefficient (Wildman–Crippen LogP) is 4.91. The zero-order chi connectivity index (χ0) is 20.8. The van der Waals surface area contributed by atoms with Crippen LogP contribution in [0.2, 0.25) is 5.02 Å². The first-order valence-electron chi connectivity index (χ1n) is 8.99. The van der Waals surface area contributed by atoms with Gasteiger partial charge in [-0.25, -0.2) is 4.98 Å². The van der Waals surface area contributed by atoms with Gasteiger partial charge in [0.1, 0.15) is 17.3 Å². The maximum atomic E-state index is 11.5. The average molecular weight is 413 g/mol. The largest absolute Gasteiger partial charge is 0.495 e. The van der Waals surface area contributed by atoms with E-state index in [4.69, 9.17) is 21.1 Å². The summed E-state index contributed by atoms with van der Waals surface area (Å²) in [5.74, 6) is 1.81. The number of ether oxygens (including phenoxy) is 2. The van der Waals surface area contributed by atoms with Crippen molar-refractivity contribution in [3.05, 3.63) is 53.6 Å². The molecule has 8 heteroatoms. The summed E-state index contributed by atoms with van der Waals surface area (Å²) in [6.45, 7) is 3.93. The van der Waals surface area contributed by atoms with Crippen LogP contribution in [-0.2, 0) is 4.79 Å². The molecule has 0 bridgehead atoms. The van der Waals surface area contributed by atoms with Crippen molar-refractivity contribution in [3.8, 4) is 22.8 Å². The van der Waals surface area contributed by atoms with Gasteiger partial charge < -0.3 is 14.8 Å². The Bertz CT molecular complexity index is 1010. The lowest BCUT2D eigenvalue weighted by Crippen LogP contribution is -2.10. The number of halogens is 1. The fourth-order valence-electron chi connectivity index (χ4n) is 2.65. The van der Waals surface area contributed by atoms with Crippen LogP contribution in [0.5, 0.6) is 11.5 Å². The van der Waals surface area contributed by atoms with Crippen LogP contribution >= 0.6 is 11.6 Å². The smallest absolute Gasteiger partial charge is 0.231 e. The van der Waals surface area contributed by atoms with Gasteiger partial charge >= 0.3 is 0 Å². The highest BCUT2D eigenvalue weighted by molar-refractivity contribution is 6.32. The van der Waals surface area contributed by atoms with Crippen LogP contribution in [0.25, 0.3) is 11.3 Å². The van der Waals surface area contributed by atoms with Crippen LogP contribution in [0.3, 0.4) is 0 Å². The Morgan fingerprint density at radius 3 is 2.48 bits per heavy atom. The second-order valence-corrected chi connectivity index (χ2v) is 6.48. The normalized spacial score (nSPS) is 10.3. The minimum Gasteiger partial charge on any atom is -0.495 e. The predicted molar refractivity (Wildman–Crippen MR) is 114 cm³/mol. The van der Waals surface area contributed by atoms with Gasteiger partial charge in [-0.05, 0) is 49.4 Å². The quantitative estimate of drug-likeness (QED) is 0.573. The minimum atomic E-state index is -0.257. The summed E-state index contributed by atoms with van der Waals surface area (Å²) in [6.07, 6.45) is 0. The molecule has 1 amide bonds. The van der Waals surface area contributed by atoms with Crippen molar-refractivity contribution in [3.63, 3.8) is 0 Å². The van der Waals surface area contributed by atoms with Crippen LogP contribution in [0.1, 0.15) is 13.8 Å². The zero-order valence-electron chi connectivity index (χ0n) is 16.3. The number of hydrogen-bond donors (Lipinski definition) is 2. The van der Waals surface area contributed by atoms with Gasteiger partial charge in [-0.2, -0.15) is 4.98 Å². The third-order valence-corrected chi connectivity index (χ3v) is 4.19. The molecule has 0 fully saturated rings. The van der Waals surface area contributed by atoms with Gasteiger partial charge in [0.25, 0.3) is 0 Å². The van der Waals surface area contributed by atoms with Crippen LogP contribution in [0.15, 0.2) is 48.5 Å². The molecule has 0 unspecified atom stereocenters. The maximum absolute atomic E-state index is 11.5. The van der Waals surface area contributed by atoms with Crippen molar-refractivity contribution < 1.29 is 14.3 Å². The molecule has 2 N–H and O–H groups in total. The van der Waals surface area contributed by atoms with Crippen molar-refractivity contribution in [1.29, 1.82) is 0 Å². The SMILES string of the molecule is CCOc1ccc(-c2cc(Nc3ccc(OC)c(Cl)c3)nc(NC(C)=O)n2)cc1. The fourth-order valence-corrected chi connectivity index (χ4v) is 2.91. The van der Waals surface area contributed by atoms with Crippen LogP contribution in [0.4, 0.5) is 17.5 Å². The molecule has 0 saturated carbocycles. The third kappa shape index (κ3) is 5.36. The molecule has 0 aliphatic carbocycles. The topological polar surface area (TPSA) is 85.4 Å². The van der Waals surface area contributed by atoms with E-state index >= 15 is 0 Å². The van der Waals surface area contributed by atoms with Crippen molar-refractivity contribution in [2.45, 2.75) is 13.8 Å². The molecule has 1 heterocycles. The Balaban J connectivity index is 1.94. The summed E-state index contributed by atoms with van der Waals surface area (Å²) < 4.78 is 10.7. The summed E-state index contributed by atoms with van der Waals surface area (Å²) in [5, 5.41) is 6.29. The van der Waals surface area contributed by atoms with Gasteiger partial charge in [0.15, 0.2) is 0 Å². The summed E-state index contributed by atoms with van der Waals surface area (Å²) >= 11 is 6.20. The first kappa shape index (κ1) is 20.4. The zero-order valence-corrected chi connectivity index (χ0v) is 17.1. The molecule has 0 atom stereocenters. The highest BCUT2D eigenvalue weighted by atomic mass is 35.5. The lowest BCUT2D eigenvalue weighted by atomic mass is 10.1.